The molecule has 0 aliphatic rings. The number of hydrogen-bond donors (Lipinski definition) is 2. The first-order valence-corrected chi connectivity index (χ1v) is 8.73. The van der Waals surface area contributed by atoms with Crippen LogP contribution in [0.25, 0.3) is 11.3 Å². The maximum atomic E-state index is 11.5. The summed E-state index contributed by atoms with van der Waals surface area (Å²) < 4.78 is 5.39. The molecule has 0 amide bonds. The summed E-state index contributed by atoms with van der Waals surface area (Å²) in [4.78, 5) is 20.3. The Hall–Kier alpha value is -3.41. The molecule has 27 heavy (non-hydrogen) atoms. The number of benzene rings is 2. The van der Waals surface area contributed by atoms with Crippen LogP contribution in [0.5, 0.6) is 5.75 Å². The molecule has 0 spiro atoms. The summed E-state index contributed by atoms with van der Waals surface area (Å²) in [5.41, 5.74) is 2.56. The summed E-state index contributed by atoms with van der Waals surface area (Å²) in [6, 6.07) is 16.8. The molecular formula is C21H21N3O3. The van der Waals surface area contributed by atoms with Gasteiger partial charge in [0.25, 0.3) is 0 Å². The number of ether oxygens (including phenoxy) is 1. The van der Waals surface area contributed by atoms with E-state index in [2.05, 4.69) is 15.3 Å². The van der Waals surface area contributed by atoms with Gasteiger partial charge in [0.05, 0.1) is 18.3 Å². The Bertz CT molecular complexity index is 929. The van der Waals surface area contributed by atoms with Crippen molar-refractivity contribution in [2.75, 3.05) is 11.9 Å². The quantitative estimate of drug-likeness (QED) is 0.647. The third-order valence-electron chi connectivity index (χ3n) is 4.11. The van der Waals surface area contributed by atoms with Crippen molar-refractivity contribution >= 4 is 11.9 Å². The fourth-order valence-electron chi connectivity index (χ4n) is 2.75. The van der Waals surface area contributed by atoms with Crippen LogP contribution < -0.4 is 10.1 Å². The molecule has 3 aromatic rings. The predicted octanol–water partition coefficient (Wildman–Crippen LogP) is 4.41. The van der Waals surface area contributed by atoms with E-state index in [1.165, 1.54) is 0 Å². The predicted molar refractivity (Wildman–Crippen MR) is 104 cm³/mol. The summed E-state index contributed by atoms with van der Waals surface area (Å²) in [6.45, 7) is 4.25. The number of nitrogens with zero attached hydrogens (tertiary/aromatic N) is 2. The van der Waals surface area contributed by atoms with E-state index in [1.54, 1.807) is 30.5 Å². The molecule has 3 rings (SSSR count). The van der Waals surface area contributed by atoms with Crippen molar-refractivity contribution in [1.82, 2.24) is 9.97 Å². The molecule has 1 aromatic heterocycles. The topological polar surface area (TPSA) is 84.3 Å². The molecule has 6 nitrogen and oxygen atoms in total. The highest BCUT2D eigenvalue weighted by Crippen LogP contribution is 2.27. The van der Waals surface area contributed by atoms with Crippen LogP contribution in [-0.4, -0.2) is 27.7 Å². The summed E-state index contributed by atoms with van der Waals surface area (Å²) in [6.07, 6.45) is 1.65. The van der Waals surface area contributed by atoms with Gasteiger partial charge in [-0.3, -0.25) is 0 Å². The van der Waals surface area contributed by atoms with E-state index in [1.807, 2.05) is 44.2 Å². The van der Waals surface area contributed by atoms with Gasteiger partial charge in [-0.15, -0.1) is 0 Å². The first-order valence-electron chi connectivity index (χ1n) is 8.73. The Kier molecular flexibility index (Phi) is 5.66. The van der Waals surface area contributed by atoms with Crippen LogP contribution in [0.2, 0.25) is 0 Å². The van der Waals surface area contributed by atoms with Crippen molar-refractivity contribution in [1.29, 1.82) is 0 Å². The summed E-state index contributed by atoms with van der Waals surface area (Å²) >= 11 is 0. The number of nitrogens with one attached hydrogen (secondary N) is 1. The number of hydrogen-bond acceptors (Lipinski definition) is 5. The molecule has 0 aliphatic heterocycles. The summed E-state index contributed by atoms with van der Waals surface area (Å²) in [5, 5.41) is 12.7. The van der Waals surface area contributed by atoms with Gasteiger partial charge in [-0.25, -0.2) is 14.8 Å². The third-order valence-corrected chi connectivity index (χ3v) is 4.11. The van der Waals surface area contributed by atoms with E-state index in [0.717, 1.165) is 5.56 Å². The second-order valence-corrected chi connectivity index (χ2v) is 5.99. The molecule has 6 heteroatoms. The van der Waals surface area contributed by atoms with E-state index >= 15 is 0 Å². The minimum atomic E-state index is -1.04. The van der Waals surface area contributed by atoms with Crippen molar-refractivity contribution in [2.45, 2.75) is 19.9 Å². The molecule has 2 aromatic carbocycles. The van der Waals surface area contributed by atoms with E-state index < -0.39 is 5.97 Å². The standard InChI is InChI=1S/C21H21N3O3/c1-3-27-19-10-9-16(13-17(19)20(25)26)18-11-12-22-21(24-18)23-14(2)15-7-5-4-6-8-15/h4-14H,3H2,1-2H3,(H,25,26)(H,22,23,24)/t14-/m0/s1. The second kappa shape index (κ2) is 8.31. The van der Waals surface area contributed by atoms with Gasteiger partial charge in [-0.2, -0.15) is 0 Å². The summed E-state index contributed by atoms with van der Waals surface area (Å²) in [7, 11) is 0. The van der Waals surface area contributed by atoms with Gasteiger partial charge in [0.1, 0.15) is 11.3 Å². The van der Waals surface area contributed by atoms with Gasteiger partial charge in [-0.1, -0.05) is 30.3 Å². The Labute approximate surface area is 157 Å². The molecule has 1 atom stereocenters. The minimum Gasteiger partial charge on any atom is -0.493 e. The molecule has 0 bridgehead atoms. The lowest BCUT2D eigenvalue weighted by Gasteiger charge is -2.15. The average Bonchev–Trinajstić information content (AvgIpc) is 2.69. The molecule has 0 radical (unpaired) electrons. The summed E-state index contributed by atoms with van der Waals surface area (Å²) in [5.74, 6) is -0.209. The number of rotatable bonds is 7. The van der Waals surface area contributed by atoms with Crippen LogP contribution in [0.15, 0.2) is 60.8 Å². The van der Waals surface area contributed by atoms with Gasteiger partial charge in [0, 0.05) is 11.8 Å². The van der Waals surface area contributed by atoms with Gasteiger partial charge in [0.2, 0.25) is 5.95 Å². The zero-order chi connectivity index (χ0) is 19.2. The van der Waals surface area contributed by atoms with Crippen LogP contribution in [0.4, 0.5) is 5.95 Å². The number of anilines is 1. The Morgan fingerprint density at radius 3 is 2.67 bits per heavy atom. The molecule has 2 N–H and O–H groups in total. The molecule has 0 saturated heterocycles. The highest BCUT2D eigenvalue weighted by Gasteiger charge is 2.14. The first kappa shape index (κ1) is 18.4. The molecule has 0 saturated carbocycles. The second-order valence-electron chi connectivity index (χ2n) is 5.99. The van der Waals surface area contributed by atoms with Crippen LogP contribution >= 0.6 is 0 Å². The number of carboxylic acid groups (broad SMARTS) is 1. The van der Waals surface area contributed by atoms with Gasteiger partial charge >= 0.3 is 5.97 Å². The van der Waals surface area contributed by atoms with Crippen molar-refractivity contribution in [3.63, 3.8) is 0 Å². The Morgan fingerprint density at radius 1 is 1.19 bits per heavy atom. The lowest BCUT2D eigenvalue weighted by atomic mass is 10.1. The normalized spacial score (nSPS) is 11.6. The van der Waals surface area contributed by atoms with E-state index in [0.29, 0.717) is 29.6 Å². The molecule has 1 heterocycles. The van der Waals surface area contributed by atoms with Crippen molar-refractivity contribution in [2.24, 2.45) is 0 Å². The van der Waals surface area contributed by atoms with E-state index in [-0.39, 0.29) is 11.6 Å². The first-order chi connectivity index (χ1) is 13.1. The van der Waals surface area contributed by atoms with Gasteiger partial charge < -0.3 is 15.2 Å². The van der Waals surface area contributed by atoms with Crippen molar-refractivity contribution in [3.8, 4) is 17.0 Å². The average molecular weight is 363 g/mol. The van der Waals surface area contributed by atoms with E-state index in [4.69, 9.17) is 4.74 Å². The van der Waals surface area contributed by atoms with Crippen LogP contribution in [0.1, 0.15) is 35.8 Å². The van der Waals surface area contributed by atoms with Crippen molar-refractivity contribution in [3.05, 3.63) is 71.9 Å². The molecular weight excluding hydrogens is 342 g/mol. The lowest BCUT2D eigenvalue weighted by Crippen LogP contribution is -2.09. The fraction of sp³-hybridized carbons (Fsp3) is 0.190. The van der Waals surface area contributed by atoms with Gasteiger partial charge in [0.15, 0.2) is 0 Å². The Morgan fingerprint density at radius 2 is 1.96 bits per heavy atom. The molecule has 0 fully saturated rings. The molecule has 0 unspecified atom stereocenters. The third kappa shape index (κ3) is 4.41. The van der Waals surface area contributed by atoms with Crippen LogP contribution in [0, 0.1) is 0 Å². The lowest BCUT2D eigenvalue weighted by molar-refractivity contribution is 0.0692. The Balaban J connectivity index is 1.87. The SMILES string of the molecule is CCOc1ccc(-c2ccnc(N[C@@H](C)c3ccccc3)n2)cc1C(=O)O. The fourth-order valence-corrected chi connectivity index (χ4v) is 2.75. The monoisotopic (exact) mass is 363 g/mol. The number of carboxylic acids is 1. The number of aromatic nitrogens is 2. The minimum absolute atomic E-state index is 0.0383. The highest BCUT2D eigenvalue weighted by atomic mass is 16.5. The zero-order valence-corrected chi connectivity index (χ0v) is 15.2. The molecule has 0 aliphatic carbocycles. The maximum absolute atomic E-state index is 11.5. The smallest absolute Gasteiger partial charge is 0.339 e. The number of aromatic carboxylic acids is 1. The largest absolute Gasteiger partial charge is 0.493 e. The van der Waals surface area contributed by atoms with Gasteiger partial charge in [-0.05, 0) is 43.7 Å². The van der Waals surface area contributed by atoms with Crippen molar-refractivity contribution < 1.29 is 14.6 Å². The molecule has 138 valence electrons. The number of carbonyl (C=O) groups is 1. The highest BCUT2D eigenvalue weighted by molar-refractivity contribution is 5.92. The van der Waals surface area contributed by atoms with E-state index in [9.17, 15) is 9.90 Å². The maximum Gasteiger partial charge on any atom is 0.339 e. The van der Waals surface area contributed by atoms with Crippen LogP contribution in [0.3, 0.4) is 0 Å². The zero-order valence-electron chi connectivity index (χ0n) is 15.2. The van der Waals surface area contributed by atoms with Crippen LogP contribution in [-0.2, 0) is 0 Å².